The van der Waals surface area contributed by atoms with Gasteiger partial charge in [-0.3, -0.25) is 9.36 Å². The summed E-state index contributed by atoms with van der Waals surface area (Å²) < 4.78 is 25.3. The maximum atomic E-state index is 13.3. The monoisotopic (exact) mass is 377 g/mol. The van der Waals surface area contributed by atoms with Gasteiger partial charge in [0.25, 0.3) is 0 Å². The van der Waals surface area contributed by atoms with Crippen LogP contribution >= 0.6 is 23.5 Å². The van der Waals surface area contributed by atoms with Crippen molar-refractivity contribution in [3.05, 3.63) is 22.5 Å². The lowest BCUT2D eigenvalue weighted by atomic mass is 10.3. The molecule has 0 radical (unpaired) electrons. The van der Waals surface area contributed by atoms with Crippen LogP contribution in [0.3, 0.4) is 0 Å². The van der Waals surface area contributed by atoms with E-state index in [9.17, 15) is 14.0 Å². The zero-order chi connectivity index (χ0) is 17.5. The summed E-state index contributed by atoms with van der Waals surface area (Å²) in [7, 11) is 0. The van der Waals surface area contributed by atoms with Crippen LogP contribution in [0.2, 0.25) is 0 Å². The highest BCUT2D eigenvalue weighted by Gasteiger charge is 2.27. The summed E-state index contributed by atoms with van der Waals surface area (Å²) in [6.07, 6.45) is 2.12. The molecule has 1 saturated heterocycles. The number of nitrogen functional groups attached to an aromatic ring is 1. The van der Waals surface area contributed by atoms with Gasteiger partial charge in [0.05, 0.1) is 0 Å². The SMILES string of the molecule is CCCC(=O)OCC1CSC(SCCn2cc(F)c(N)nc2=O)O1. The van der Waals surface area contributed by atoms with Crippen LogP contribution in [0.5, 0.6) is 0 Å². The summed E-state index contributed by atoms with van der Waals surface area (Å²) in [6.45, 7) is 2.49. The third-order valence-electron chi connectivity index (χ3n) is 3.17. The Hall–Kier alpha value is -1.26. The fourth-order valence-corrected chi connectivity index (χ4v) is 4.37. The van der Waals surface area contributed by atoms with Crippen molar-refractivity contribution in [1.82, 2.24) is 9.55 Å². The average Bonchev–Trinajstić information content (AvgIpc) is 2.98. The van der Waals surface area contributed by atoms with E-state index in [4.69, 9.17) is 15.2 Å². The second kappa shape index (κ2) is 9.28. The van der Waals surface area contributed by atoms with Crippen molar-refractivity contribution >= 4 is 35.3 Å². The lowest BCUT2D eigenvalue weighted by Gasteiger charge is -2.13. The number of carbonyl (C=O) groups is 1. The molecular formula is C14H20FN3O4S2. The van der Waals surface area contributed by atoms with Gasteiger partial charge >= 0.3 is 11.7 Å². The summed E-state index contributed by atoms with van der Waals surface area (Å²) in [5.74, 6) is -0.00131. The number of thioether (sulfide) groups is 2. The first kappa shape index (κ1) is 19.1. The minimum atomic E-state index is -0.708. The Balaban J connectivity index is 1.70. The number of esters is 1. The van der Waals surface area contributed by atoms with Crippen LogP contribution in [0.1, 0.15) is 19.8 Å². The predicted molar refractivity (Wildman–Crippen MR) is 92.3 cm³/mol. The van der Waals surface area contributed by atoms with Gasteiger partial charge in [0.15, 0.2) is 16.4 Å². The van der Waals surface area contributed by atoms with Gasteiger partial charge in [-0.2, -0.15) is 4.98 Å². The zero-order valence-corrected chi connectivity index (χ0v) is 14.9. The third-order valence-corrected chi connectivity index (χ3v) is 5.73. The molecule has 24 heavy (non-hydrogen) atoms. The highest BCUT2D eigenvalue weighted by Crippen LogP contribution is 2.33. The average molecular weight is 377 g/mol. The van der Waals surface area contributed by atoms with Gasteiger partial charge in [0.1, 0.15) is 12.7 Å². The molecule has 0 amide bonds. The van der Waals surface area contributed by atoms with E-state index in [1.54, 1.807) is 11.8 Å². The van der Waals surface area contributed by atoms with Crippen molar-refractivity contribution in [2.45, 2.75) is 37.2 Å². The molecule has 2 N–H and O–H groups in total. The van der Waals surface area contributed by atoms with Crippen LogP contribution in [0.4, 0.5) is 10.2 Å². The molecule has 134 valence electrons. The Kier molecular flexibility index (Phi) is 7.38. The Bertz CT molecular complexity index is 629. The molecular weight excluding hydrogens is 357 g/mol. The van der Waals surface area contributed by atoms with Crippen molar-refractivity contribution in [3.63, 3.8) is 0 Å². The number of aromatic nitrogens is 2. The second-order valence-electron chi connectivity index (χ2n) is 5.13. The van der Waals surface area contributed by atoms with Gasteiger partial charge < -0.3 is 15.2 Å². The van der Waals surface area contributed by atoms with E-state index in [0.717, 1.165) is 18.4 Å². The van der Waals surface area contributed by atoms with Gasteiger partial charge in [-0.1, -0.05) is 6.92 Å². The number of aryl methyl sites for hydroxylation is 1. The van der Waals surface area contributed by atoms with E-state index in [-0.39, 0.29) is 29.3 Å². The molecule has 2 atom stereocenters. The van der Waals surface area contributed by atoms with Crippen molar-refractivity contribution in [2.75, 3.05) is 23.8 Å². The maximum absolute atomic E-state index is 13.3. The van der Waals surface area contributed by atoms with Crippen LogP contribution in [0, 0.1) is 5.82 Å². The first-order valence-electron chi connectivity index (χ1n) is 7.56. The molecule has 0 saturated carbocycles. The molecule has 0 aliphatic carbocycles. The Morgan fingerprint density at radius 1 is 1.67 bits per heavy atom. The molecule has 1 aliphatic rings. The molecule has 2 unspecified atom stereocenters. The van der Waals surface area contributed by atoms with E-state index in [1.165, 1.54) is 16.3 Å². The largest absolute Gasteiger partial charge is 0.463 e. The highest BCUT2D eigenvalue weighted by molar-refractivity contribution is 8.16. The summed E-state index contributed by atoms with van der Waals surface area (Å²) in [4.78, 5) is 26.3. The first-order valence-corrected chi connectivity index (χ1v) is 9.66. The van der Waals surface area contributed by atoms with E-state index in [1.807, 2.05) is 6.92 Å². The van der Waals surface area contributed by atoms with Gasteiger partial charge in [-0.05, 0) is 6.42 Å². The fourth-order valence-electron chi connectivity index (χ4n) is 1.94. The number of rotatable bonds is 8. The molecule has 0 aromatic carbocycles. The second-order valence-corrected chi connectivity index (χ2v) is 7.70. The number of hydrogen-bond acceptors (Lipinski definition) is 8. The molecule has 2 heterocycles. The third kappa shape index (κ3) is 5.67. The van der Waals surface area contributed by atoms with Crippen LogP contribution in [0.25, 0.3) is 0 Å². The molecule has 7 nitrogen and oxygen atoms in total. The van der Waals surface area contributed by atoms with Crippen LogP contribution in [-0.4, -0.2) is 44.5 Å². The van der Waals surface area contributed by atoms with E-state index in [0.29, 0.717) is 18.7 Å². The zero-order valence-electron chi connectivity index (χ0n) is 13.3. The van der Waals surface area contributed by atoms with Gasteiger partial charge in [-0.15, -0.1) is 23.5 Å². The summed E-state index contributed by atoms with van der Waals surface area (Å²) in [5, 5.41) is 0. The predicted octanol–water partition coefficient (Wildman–Crippen LogP) is 1.46. The summed E-state index contributed by atoms with van der Waals surface area (Å²) >= 11 is 3.12. The fraction of sp³-hybridized carbons (Fsp3) is 0.643. The van der Waals surface area contributed by atoms with Gasteiger partial charge in [-0.25, -0.2) is 9.18 Å². The molecule has 1 fully saturated rings. The number of nitrogens with two attached hydrogens (primary N) is 1. The molecule has 0 bridgehead atoms. The smallest absolute Gasteiger partial charge is 0.349 e. The topological polar surface area (TPSA) is 96.4 Å². The highest BCUT2D eigenvalue weighted by atomic mass is 32.2. The standard InChI is InChI=1S/C14H20FN3O4S2/c1-2-3-11(19)21-7-9-8-24-14(22-9)23-5-4-18-6-10(15)12(16)17-13(18)20/h6,9,14H,2-5,7-8H2,1H3,(H2,16,17,20). The minimum Gasteiger partial charge on any atom is -0.463 e. The van der Waals surface area contributed by atoms with Gasteiger partial charge in [0.2, 0.25) is 0 Å². The number of anilines is 1. The normalized spacial score (nSPS) is 20.2. The number of hydrogen-bond donors (Lipinski definition) is 1. The van der Waals surface area contributed by atoms with E-state index < -0.39 is 11.5 Å². The Morgan fingerprint density at radius 2 is 2.46 bits per heavy atom. The molecule has 10 heteroatoms. The number of carbonyl (C=O) groups excluding carboxylic acids is 1. The lowest BCUT2D eigenvalue weighted by Crippen LogP contribution is -2.25. The van der Waals surface area contributed by atoms with E-state index in [2.05, 4.69) is 4.98 Å². The number of halogens is 1. The first-order chi connectivity index (χ1) is 11.5. The molecule has 2 rings (SSSR count). The molecule has 1 aromatic heterocycles. The summed E-state index contributed by atoms with van der Waals surface area (Å²) in [6, 6.07) is 0. The van der Waals surface area contributed by atoms with Crippen LogP contribution in [0.15, 0.2) is 11.0 Å². The van der Waals surface area contributed by atoms with Gasteiger partial charge in [0, 0.05) is 30.7 Å². The molecule has 1 aliphatic heterocycles. The Morgan fingerprint density at radius 3 is 3.21 bits per heavy atom. The summed E-state index contributed by atoms with van der Waals surface area (Å²) in [5.41, 5.74) is 4.66. The Labute approximate surface area is 147 Å². The quantitative estimate of drug-likeness (QED) is 0.680. The van der Waals surface area contributed by atoms with Crippen molar-refractivity contribution in [1.29, 1.82) is 0 Å². The van der Waals surface area contributed by atoms with Crippen LogP contribution in [-0.2, 0) is 20.8 Å². The van der Waals surface area contributed by atoms with Crippen molar-refractivity contribution in [2.24, 2.45) is 0 Å². The number of ether oxygens (including phenoxy) is 2. The number of nitrogens with zero attached hydrogens (tertiary/aromatic N) is 2. The maximum Gasteiger partial charge on any atom is 0.349 e. The van der Waals surface area contributed by atoms with E-state index >= 15 is 0 Å². The van der Waals surface area contributed by atoms with Crippen molar-refractivity contribution in [3.8, 4) is 0 Å². The molecule has 1 aromatic rings. The lowest BCUT2D eigenvalue weighted by molar-refractivity contribution is -0.146. The molecule has 0 spiro atoms. The minimum absolute atomic E-state index is 0.0952. The van der Waals surface area contributed by atoms with Crippen LogP contribution < -0.4 is 11.4 Å². The van der Waals surface area contributed by atoms with Crippen molar-refractivity contribution < 1.29 is 18.7 Å².